The molecule has 1 amide bonds. The fraction of sp³-hybridized carbons (Fsp3) is 0.185. The van der Waals surface area contributed by atoms with Crippen LogP contribution in [0.1, 0.15) is 27.3 Å². The number of nitrogens with two attached hydrogens (primary N) is 1. The van der Waals surface area contributed by atoms with Gasteiger partial charge in [-0.3, -0.25) is 4.79 Å². The van der Waals surface area contributed by atoms with Crippen molar-refractivity contribution >= 4 is 21.4 Å². The topological polar surface area (TPSA) is 98.3 Å². The van der Waals surface area contributed by atoms with Crippen LogP contribution in [0, 0.1) is 5.82 Å². The second kappa shape index (κ2) is 9.62. The summed E-state index contributed by atoms with van der Waals surface area (Å²) >= 11 is 0. The normalized spacial score (nSPS) is 14.0. The molecule has 0 aliphatic carbocycles. The molecule has 12 heteroatoms. The van der Waals surface area contributed by atoms with E-state index in [0.29, 0.717) is 5.56 Å². The number of hydrogen-bond acceptors (Lipinski definition) is 5. The van der Waals surface area contributed by atoms with Gasteiger partial charge < -0.3 is 10.6 Å². The minimum absolute atomic E-state index is 0.00485. The molecule has 3 aromatic carbocycles. The largest absolute Gasteiger partial charge is 0.435 e. The van der Waals surface area contributed by atoms with Crippen molar-refractivity contribution in [3.05, 3.63) is 95.1 Å². The molecule has 1 aliphatic rings. The molecule has 2 N–H and O–H groups in total. The highest BCUT2D eigenvalue weighted by atomic mass is 32.2. The minimum atomic E-state index is -4.81. The minimum Gasteiger partial charge on any atom is -0.326 e. The van der Waals surface area contributed by atoms with Crippen LogP contribution >= 0.6 is 0 Å². The molecule has 0 saturated heterocycles. The number of carbonyl (C=O) groups is 1. The number of aromatic nitrogens is 2. The SMILES string of the molecule is CS(=O)(=O)c1ccccc1-c1ccc(N2CCc3c(C(F)(F)F)nn(-c4ccccc4CN)c3C2=O)c(F)c1. The number of halogens is 4. The van der Waals surface area contributed by atoms with Crippen LogP contribution in [-0.2, 0) is 29.0 Å². The van der Waals surface area contributed by atoms with Gasteiger partial charge in [-0.15, -0.1) is 0 Å². The summed E-state index contributed by atoms with van der Waals surface area (Å²) in [6.07, 6.45) is -3.98. The Morgan fingerprint density at radius 1 is 1.00 bits per heavy atom. The van der Waals surface area contributed by atoms with Gasteiger partial charge in [0.1, 0.15) is 11.5 Å². The fourth-order valence-corrected chi connectivity index (χ4v) is 5.71. The maximum Gasteiger partial charge on any atom is 0.435 e. The first-order valence-electron chi connectivity index (χ1n) is 11.8. The van der Waals surface area contributed by atoms with Gasteiger partial charge in [-0.2, -0.15) is 18.3 Å². The van der Waals surface area contributed by atoms with Gasteiger partial charge >= 0.3 is 6.18 Å². The highest BCUT2D eigenvalue weighted by molar-refractivity contribution is 7.90. The van der Waals surface area contributed by atoms with Crippen molar-refractivity contribution < 1.29 is 30.8 Å². The van der Waals surface area contributed by atoms with Gasteiger partial charge in [0.25, 0.3) is 5.91 Å². The Labute approximate surface area is 221 Å². The number of sulfone groups is 1. The average Bonchev–Trinajstić information content (AvgIpc) is 3.30. The second-order valence-electron chi connectivity index (χ2n) is 9.06. The maximum absolute atomic E-state index is 15.5. The Kier molecular flexibility index (Phi) is 6.55. The lowest BCUT2D eigenvalue weighted by molar-refractivity contribution is -0.141. The standard InChI is InChI=1S/C27H22F4N4O3S/c1-39(37,38)23-9-5-3-7-18(23)16-10-11-22(20(28)14-16)34-13-12-19-24(26(34)36)35(33-25(19)27(29,30)31)21-8-4-2-6-17(21)15-32/h2-11,14H,12-13,15,32H2,1H3. The van der Waals surface area contributed by atoms with Crippen LogP contribution < -0.4 is 10.6 Å². The summed E-state index contributed by atoms with van der Waals surface area (Å²) in [4.78, 5) is 14.7. The molecule has 0 unspecified atom stereocenters. The zero-order chi connectivity index (χ0) is 28.1. The van der Waals surface area contributed by atoms with Crippen LogP contribution in [0.4, 0.5) is 23.2 Å². The van der Waals surface area contributed by atoms with E-state index < -0.39 is 33.4 Å². The fourth-order valence-electron chi connectivity index (χ4n) is 4.80. The first-order chi connectivity index (χ1) is 18.4. The van der Waals surface area contributed by atoms with Crippen LogP contribution in [-0.4, -0.2) is 36.9 Å². The van der Waals surface area contributed by atoms with Crippen molar-refractivity contribution in [1.29, 1.82) is 0 Å². The quantitative estimate of drug-likeness (QED) is 0.356. The Balaban J connectivity index is 1.61. The predicted molar refractivity (Wildman–Crippen MR) is 137 cm³/mol. The molecule has 0 fully saturated rings. The lowest BCUT2D eigenvalue weighted by Crippen LogP contribution is -2.39. The van der Waals surface area contributed by atoms with Crippen molar-refractivity contribution in [2.75, 3.05) is 17.7 Å². The van der Waals surface area contributed by atoms with E-state index in [-0.39, 0.29) is 58.2 Å². The molecule has 0 atom stereocenters. The van der Waals surface area contributed by atoms with E-state index in [1.165, 1.54) is 30.3 Å². The molecular formula is C27H22F4N4O3S. The molecule has 1 aliphatic heterocycles. The summed E-state index contributed by atoms with van der Waals surface area (Å²) in [5, 5.41) is 3.77. The van der Waals surface area contributed by atoms with Crippen molar-refractivity contribution in [2.24, 2.45) is 5.73 Å². The van der Waals surface area contributed by atoms with E-state index in [1.807, 2.05) is 0 Å². The van der Waals surface area contributed by atoms with E-state index in [1.54, 1.807) is 30.3 Å². The van der Waals surface area contributed by atoms with Gasteiger partial charge in [0, 0.05) is 30.5 Å². The molecule has 0 saturated carbocycles. The molecule has 39 heavy (non-hydrogen) atoms. The molecule has 0 bridgehead atoms. The van der Waals surface area contributed by atoms with Gasteiger partial charge in [0.2, 0.25) is 0 Å². The number of anilines is 1. The molecular weight excluding hydrogens is 536 g/mol. The Hall–Kier alpha value is -4.03. The number of nitrogens with zero attached hydrogens (tertiary/aromatic N) is 3. The third-order valence-electron chi connectivity index (χ3n) is 6.56. The van der Waals surface area contributed by atoms with Crippen LogP contribution in [0.5, 0.6) is 0 Å². The summed E-state index contributed by atoms with van der Waals surface area (Å²) in [6, 6.07) is 16.4. The molecule has 7 nitrogen and oxygen atoms in total. The van der Waals surface area contributed by atoms with Gasteiger partial charge in [0.05, 0.1) is 16.3 Å². The number of carbonyl (C=O) groups excluding carboxylic acids is 1. The summed E-state index contributed by atoms with van der Waals surface area (Å²) in [7, 11) is -3.61. The molecule has 202 valence electrons. The number of amides is 1. The molecule has 4 aromatic rings. The van der Waals surface area contributed by atoms with Crippen LogP contribution in [0.25, 0.3) is 16.8 Å². The summed E-state index contributed by atoms with van der Waals surface area (Å²) in [5.74, 6) is -1.69. The zero-order valence-electron chi connectivity index (χ0n) is 20.5. The first kappa shape index (κ1) is 26.6. The van der Waals surface area contributed by atoms with Gasteiger partial charge in [-0.05, 0) is 41.8 Å². The molecule has 0 spiro atoms. The third kappa shape index (κ3) is 4.70. The molecule has 0 radical (unpaired) electrons. The predicted octanol–water partition coefficient (Wildman–Crippen LogP) is 4.76. The van der Waals surface area contributed by atoms with E-state index in [2.05, 4.69) is 5.10 Å². The smallest absolute Gasteiger partial charge is 0.326 e. The molecule has 5 rings (SSSR count). The van der Waals surface area contributed by atoms with Crippen LogP contribution in [0.3, 0.4) is 0 Å². The highest BCUT2D eigenvalue weighted by Crippen LogP contribution is 2.38. The summed E-state index contributed by atoms with van der Waals surface area (Å²) < 4.78 is 82.5. The van der Waals surface area contributed by atoms with Gasteiger partial charge in [-0.25, -0.2) is 17.5 Å². The highest BCUT2D eigenvalue weighted by Gasteiger charge is 2.43. The number of alkyl halides is 3. The number of rotatable bonds is 5. The number of para-hydroxylation sites is 1. The van der Waals surface area contributed by atoms with E-state index >= 15 is 4.39 Å². The van der Waals surface area contributed by atoms with Crippen molar-refractivity contribution in [3.8, 4) is 16.8 Å². The number of benzene rings is 3. The summed E-state index contributed by atoms with van der Waals surface area (Å²) in [5.41, 5.74) is 5.11. The lowest BCUT2D eigenvalue weighted by Gasteiger charge is -2.28. The monoisotopic (exact) mass is 558 g/mol. The molecule has 1 aromatic heterocycles. The van der Waals surface area contributed by atoms with E-state index in [4.69, 9.17) is 5.73 Å². The lowest BCUT2D eigenvalue weighted by atomic mass is 10.0. The van der Waals surface area contributed by atoms with Crippen molar-refractivity contribution in [2.45, 2.75) is 24.0 Å². The molecule has 2 heterocycles. The first-order valence-corrected chi connectivity index (χ1v) is 13.7. The van der Waals surface area contributed by atoms with Crippen molar-refractivity contribution in [3.63, 3.8) is 0 Å². The second-order valence-corrected chi connectivity index (χ2v) is 11.0. The van der Waals surface area contributed by atoms with E-state index in [9.17, 15) is 26.4 Å². The number of fused-ring (bicyclic) bond motifs is 1. The third-order valence-corrected chi connectivity index (χ3v) is 7.72. The van der Waals surface area contributed by atoms with Gasteiger partial charge in [0.15, 0.2) is 15.5 Å². The average molecular weight is 559 g/mol. The van der Waals surface area contributed by atoms with E-state index in [0.717, 1.165) is 21.9 Å². The Morgan fingerprint density at radius 2 is 1.69 bits per heavy atom. The van der Waals surface area contributed by atoms with Crippen molar-refractivity contribution in [1.82, 2.24) is 9.78 Å². The number of hydrogen-bond donors (Lipinski definition) is 1. The maximum atomic E-state index is 15.5. The Bertz CT molecular complexity index is 1710. The van der Waals surface area contributed by atoms with Crippen LogP contribution in [0.15, 0.2) is 71.6 Å². The zero-order valence-corrected chi connectivity index (χ0v) is 21.4. The summed E-state index contributed by atoms with van der Waals surface area (Å²) in [6.45, 7) is -0.218. The van der Waals surface area contributed by atoms with Crippen LogP contribution in [0.2, 0.25) is 0 Å². The van der Waals surface area contributed by atoms with Gasteiger partial charge in [-0.1, -0.05) is 42.5 Å². The Morgan fingerprint density at radius 3 is 2.36 bits per heavy atom.